The molecule has 0 saturated carbocycles. The average molecular weight is 530 g/mol. The Morgan fingerprint density at radius 1 is 0.921 bits per heavy atom. The van der Waals surface area contributed by atoms with E-state index in [0.29, 0.717) is 12.5 Å². The van der Waals surface area contributed by atoms with Crippen molar-refractivity contribution in [1.82, 2.24) is 4.90 Å². The van der Waals surface area contributed by atoms with E-state index in [-0.39, 0.29) is 12.1 Å². The first-order chi connectivity index (χ1) is 18.7. The summed E-state index contributed by atoms with van der Waals surface area (Å²) in [6.45, 7) is 3.95. The third-order valence-corrected chi connectivity index (χ3v) is 8.12. The molecule has 4 aromatic rings. The number of carbonyl (C=O) groups is 1. The monoisotopic (exact) mass is 529 g/mol. The van der Waals surface area contributed by atoms with Crippen LogP contribution in [0.25, 0.3) is 22.1 Å². The number of piperidine rings is 1. The fourth-order valence-corrected chi connectivity index (χ4v) is 5.88. The number of hydrogen-bond donors (Lipinski definition) is 0. The van der Waals surface area contributed by atoms with Crippen LogP contribution in [0, 0.1) is 5.92 Å². The van der Waals surface area contributed by atoms with Crippen molar-refractivity contribution in [3.63, 3.8) is 0 Å². The van der Waals surface area contributed by atoms with Crippen LogP contribution in [0.5, 0.6) is 5.75 Å². The number of ether oxygens (including phenoxy) is 2. The number of likely N-dealkylation sites (tertiary alicyclic amines) is 1. The van der Waals surface area contributed by atoms with Gasteiger partial charge in [0.2, 0.25) is 0 Å². The lowest BCUT2D eigenvalue weighted by Gasteiger charge is -2.34. The van der Waals surface area contributed by atoms with Gasteiger partial charge in [0.15, 0.2) is 0 Å². The van der Waals surface area contributed by atoms with Crippen LogP contribution in [0.2, 0.25) is 5.02 Å². The van der Waals surface area contributed by atoms with Crippen LogP contribution in [0.4, 0.5) is 0 Å². The molecule has 3 heterocycles. The maximum atomic E-state index is 12.2. The summed E-state index contributed by atoms with van der Waals surface area (Å²) in [5.41, 5.74) is 4.78. The Hall–Kier alpha value is -3.28. The van der Waals surface area contributed by atoms with E-state index in [2.05, 4.69) is 11.0 Å². The van der Waals surface area contributed by atoms with Crippen LogP contribution in [0.15, 0.2) is 77.4 Å². The first kappa shape index (κ1) is 25.0. The van der Waals surface area contributed by atoms with E-state index in [1.165, 1.54) is 0 Å². The lowest BCUT2D eigenvalue weighted by molar-refractivity contribution is 0.0111. The number of rotatable bonds is 9. The van der Waals surface area contributed by atoms with Gasteiger partial charge in [0.25, 0.3) is 0 Å². The molecule has 0 bridgehead atoms. The first-order valence-corrected chi connectivity index (χ1v) is 14.0. The minimum Gasteiger partial charge on any atom is -0.493 e. The number of hydrogen-bond acceptors (Lipinski definition) is 5. The van der Waals surface area contributed by atoms with Crippen molar-refractivity contribution in [3.8, 4) is 16.9 Å². The Morgan fingerprint density at radius 2 is 1.74 bits per heavy atom. The van der Waals surface area contributed by atoms with Gasteiger partial charge in [0.05, 0.1) is 18.4 Å². The number of furan rings is 1. The van der Waals surface area contributed by atoms with Gasteiger partial charge in [-0.2, -0.15) is 0 Å². The van der Waals surface area contributed by atoms with E-state index in [1.54, 1.807) is 6.26 Å². The van der Waals surface area contributed by atoms with Gasteiger partial charge < -0.3 is 18.8 Å². The van der Waals surface area contributed by atoms with E-state index < -0.39 is 0 Å². The van der Waals surface area contributed by atoms with Crippen molar-refractivity contribution >= 4 is 28.5 Å². The molecule has 1 atom stereocenters. The molecular weight excluding hydrogens is 498 g/mol. The molecule has 6 heteroatoms. The van der Waals surface area contributed by atoms with E-state index in [0.717, 1.165) is 95.7 Å². The molecule has 0 radical (unpaired) electrons. The van der Waals surface area contributed by atoms with Crippen molar-refractivity contribution in [2.24, 2.45) is 5.92 Å². The standard InChI is InChI=1S/C32H32ClNO4/c33-24-10-8-22(9-11-24)29-21-37-30-20-25(12-13-26(29)30)36-19-5-1-4-16-34-17-14-23(15-18-34)31-27-6-2-3-7-28(27)32(35)38-31/h2-3,6-13,20-21,23,31H,1,4-5,14-19H2. The topological polar surface area (TPSA) is 51.9 Å². The van der Waals surface area contributed by atoms with Gasteiger partial charge in [-0.1, -0.05) is 41.9 Å². The molecule has 0 aliphatic carbocycles. The summed E-state index contributed by atoms with van der Waals surface area (Å²) < 4.78 is 17.6. The lowest BCUT2D eigenvalue weighted by atomic mass is 9.87. The zero-order chi connectivity index (χ0) is 25.9. The molecule has 2 aliphatic heterocycles. The molecule has 6 rings (SSSR count). The molecule has 1 aromatic heterocycles. The third-order valence-electron chi connectivity index (χ3n) is 7.87. The molecule has 0 spiro atoms. The van der Waals surface area contributed by atoms with Crippen LogP contribution in [-0.4, -0.2) is 37.1 Å². The number of cyclic esters (lactones) is 1. The maximum absolute atomic E-state index is 12.2. The summed E-state index contributed by atoms with van der Waals surface area (Å²) in [6, 6.07) is 21.7. The molecule has 3 aromatic carbocycles. The molecule has 196 valence electrons. The quantitative estimate of drug-likeness (QED) is 0.163. The number of halogens is 1. The second-order valence-corrected chi connectivity index (χ2v) is 10.8. The van der Waals surface area contributed by atoms with Crippen molar-refractivity contribution in [1.29, 1.82) is 0 Å². The number of fused-ring (bicyclic) bond motifs is 2. The van der Waals surface area contributed by atoms with Crippen LogP contribution >= 0.6 is 11.6 Å². The summed E-state index contributed by atoms with van der Waals surface area (Å²) >= 11 is 6.02. The van der Waals surface area contributed by atoms with Gasteiger partial charge >= 0.3 is 5.97 Å². The minimum atomic E-state index is -0.165. The molecule has 1 saturated heterocycles. The lowest BCUT2D eigenvalue weighted by Crippen LogP contribution is -2.36. The molecule has 0 N–H and O–H groups in total. The predicted molar refractivity (Wildman–Crippen MR) is 150 cm³/mol. The molecule has 0 amide bonds. The summed E-state index contributed by atoms with van der Waals surface area (Å²) in [4.78, 5) is 14.7. The van der Waals surface area contributed by atoms with E-state index in [9.17, 15) is 4.79 Å². The summed E-state index contributed by atoms with van der Waals surface area (Å²) in [5, 5.41) is 1.79. The number of carbonyl (C=O) groups excluding carboxylic acids is 1. The highest BCUT2D eigenvalue weighted by Crippen LogP contribution is 2.40. The molecule has 1 fully saturated rings. The zero-order valence-corrected chi connectivity index (χ0v) is 22.2. The summed E-state index contributed by atoms with van der Waals surface area (Å²) in [7, 11) is 0. The maximum Gasteiger partial charge on any atom is 0.339 e. The highest BCUT2D eigenvalue weighted by atomic mass is 35.5. The van der Waals surface area contributed by atoms with Gasteiger partial charge in [-0.3, -0.25) is 0 Å². The first-order valence-electron chi connectivity index (χ1n) is 13.6. The number of esters is 1. The Kier molecular flexibility index (Phi) is 7.39. The highest BCUT2D eigenvalue weighted by molar-refractivity contribution is 6.30. The highest BCUT2D eigenvalue weighted by Gasteiger charge is 2.37. The fraction of sp³-hybridized carbons (Fsp3) is 0.344. The van der Waals surface area contributed by atoms with Crippen LogP contribution < -0.4 is 4.74 Å². The normalized spacial score (nSPS) is 18.0. The van der Waals surface area contributed by atoms with Crippen molar-refractivity contribution in [2.45, 2.75) is 38.2 Å². The van der Waals surface area contributed by atoms with Crippen molar-refractivity contribution in [3.05, 3.63) is 89.1 Å². The van der Waals surface area contributed by atoms with E-state index in [4.69, 9.17) is 25.5 Å². The second kappa shape index (κ2) is 11.2. The Bertz CT molecular complexity index is 1400. The summed E-state index contributed by atoms with van der Waals surface area (Å²) in [6.07, 6.45) is 7.20. The van der Waals surface area contributed by atoms with Gasteiger partial charge in [0.1, 0.15) is 17.4 Å². The van der Waals surface area contributed by atoms with E-state index in [1.807, 2.05) is 60.7 Å². The molecule has 38 heavy (non-hydrogen) atoms. The van der Waals surface area contributed by atoms with Crippen LogP contribution in [-0.2, 0) is 4.74 Å². The van der Waals surface area contributed by atoms with Gasteiger partial charge in [-0.25, -0.2) is 4.79 Å². The SMILES string of the molecule is O=C1OC(C2CCN(CCCCCOc3ccc4c(-c5ccc(Cl)cc5)coc4c3)CC2)c2ccccc21. The van der Waals surface area contributed by atoms with Crippen LogP contribution in [0.3, 0.4) is 0 Å². The minimum absolute atomic E-state index is 0.0672. The Morgan fingerprint density at radius 3 is 2.58 bits per heavy atom. The van der Waals surface area contributed by atoms with Gasteiger partial charge in [0, 0.05) is 33.5 Å². The van der Waals surface area contributed by atoms with Gasteiger partial charge in [-0.15, -0.1) is 0 Å². The Balaban J connectivity index is 0.909. The van der Waals surface area contributed by atoms with Crippen molar-refractivity contribution < 1.29 is 18.7 Å². The fourth-order valence-electron chi connectivity index (χ4n) is 5.76. The van der Waals surface area contributed by atoms with E-state index >= 15 is 0 Å². The molecule has 2 aliphatic rings. The zero-order valence-electron chi connectivity index (χ0n) is 21.4. The van der Waals surface area contributed by atoms with Crippen molar-refractivity contribution in [2.75, 3.05) is 26.2 Å². The van der Waals surface area contributed by atoms with Gasteiger partial charge in [-0.05, 0) is 87.6 Å². The predicted octanol–water partition coefficient (Wildman–Crippen LogP) is 7.93. The molecule has 1 unspecified atom stereocenters. The van der Waals surface area contributed by atoms with Crippen LogP contribution in [0.1, 0.15) is 54.1 Å². The number of nitrogens with zero attached hydrogens (tertiary/aromatic N) is 1. The summed E-state index contributed by atoms with van der Waals surface area (Å²) in [5.74, 6) is 1.09. The number of unbranched alkanes of at least 4 members (excludes halogenated alkanes) is 2. The second-order valence-electron chi connectivity index (χ2n) is 10.3. The largest absolute Gasteiger partial charge is 0.493 e. The molecular formula is C32H32ClNO4. The smallest absolute Gasteiger partial charge is 0.339 e. The Labute approximate surface area is 228 Å². The molecule has 5 nitrogen and oxygen atoms in total. The average Bonchev–Trinajstić information content (AvgIpc) is 3.52. The third kappa shape index (κ3) is 5.31. The number of benzene rings is 3.